The maximum absolute atomic E-state index is 10.5. The van der Waals surface area contributed by atoms with Gasteiger partial charge >= 0.3 is 7.40 Å². The molecule has 9 heavy (non-hydrogen) atoms. The third-order valence-corrected chi connectivity index (χ3v) is 0.767. The summed E-state index contributed by atoms with van der Waals surface area (Å²) >= 11 is 0. The van der Waals surface area contributed by atoms with Gasteiger partial charge in [0.25, 0.3) is 0 Å². The highest BCUT2D eigenvalue weighted by molar-refractivity contribution is 5.69. The molecule has 1 atom stereocenters. The van der Waals surface area contributed by atoms with Gasteiger partial charge in [0.15, 0.2) is 0 Å². The minimum absolute atomic E-state index is 0. The van der Waals surface area contributed by atoms with E-state index in [4.69, 9.17) is 5.11 Å². The maximum Gasteiger partial charge on any atom is 1.00 e. The molecule has 0 radical (unpaired) electrons. The Labute approximate surface area is 56.1 Å². The Morgan fingerprint density at radius 1 is 1.89 bits per heavy atom. The van der Waals surface area contributed by atoms with Crippen LogP contribution in [0.4, 0.5) is 0 Å². The van der Waals surface area contributed by atoms with Crippen LogP contribution in [0.3, 0.4) is 0 Å². The van der Waals surface area contributed by atoms with E-state index in [2.05, 4.69) is 4.74 Å². The summed E-state index contributed by atoms with van der Waals surface area (Å²) in [6.45, 7) is 3.67. The summed E-state index contributed by atoms with van der Waals surface area (Å²) in [5.74, 6) is -0.340. The SMILES string of the molecule is CCOC(=O)CC(C)O.[H+]. The molecule has 0 rings (SSSR count). The van der Waals surface area contributed by atoms with Crippen LogP contribution in [0.5, 0.6) is 0 Å². The van der Waals surface area contributed by atoms with E-state index in [-0.39, 0.29) is 13.8 Å². The summed E-state index contributed by atoms with van der Waals surface area (Å²) in [6.07, 6.45) is -0.502. The summed E-state index contributed by atoms with van der Waals surface area (Å²) in [5.41, 5.74) is 0. The van der Waals surface area contributed by atoms with Gasteiger partial charge < -0.3 is 9.84 Å². The molecule has 3 nitrogen and oxygen atoms in total. The Kier molecular flexibility index (Phi) is 4.05. The van der Waals surface area contributed by atoms with E-state index in [0.717, 1.165) is 0 Å². The molecule has 0 aromatic rings. The van der Waals surface area contributed by atoms with E-state index < -0.39 is 6.10 Å². The van der Waals surface area contributed by atoms with Crippen molar-refractivity contribution in [3.8, 4) is 0 Å². The molecule has 54 valence electrons. The number of ether oxygens (including phenoxy) is 1. The standard InChI is InChI=1S/C6H12O3/c1-3-9-6(8)4-5(2)7/h5,7H,3-4H2,1-2H3/p+1. The molecule has 0 saturated carbocycles. The first-order valence-electron chi connectivity index (χ1n) is 3.00. The molecule has 0 fully saturated rings. The summed E-state index contributed by atoms with van der Waals surface area (Å²) in [7, 11) is 0. The molecule has 0 aromatic heterocycles. The summed E-state index contributed by atoms with van der Waals surface area (Å²) in [5, 5.41) is 8.65. The predicted octanol–water partition coefficient (Wildman–Crippen LogP) is 0.433. The Morgan fingerprint density at radius 2 is 2.44 bits per heavy atom. The molecular formula is C6H13O3+. The van der Waals surface area contributed by atoms with Crippen LogP contribution < -0.4 is 0 Å². The number of hydrogen-bond acceptors (Lipinski definition) is 3. The van der Waals surface area contributed by atoms with E-state index in [1.54, 1.807) is 13.8 Å². The molecule has 0 aliphatic heterocycles. The molecule has 1 N–H and O–H groups in total. The predicted molar refractivity (Wildman–Crippen MR) is 34.0 cm³/mol. The van der Waals surface area contributed by atoms with Crippen molar-refractivity contribution < 1.29 is 16.1 Å². The largest absolute Gasteiger partial charge is 1.00 e. The third kappa shape index (κ3) is 5.30. The molecule has 0 aliphatic carbocycles. The van der Waals surface area contributed by atoms with E-state index >= 15 is 0 Å². The number of aliphatic hydroxyl groups excluding tert-OH is 1. The van der Waals surface area contributed by atoms with Gasteiger partial charge in [-0.1, -0.05) is 0 Å². The van der Waals surface area contributed by atoms with Crippen molar-refractivity contribution in [2.75, 3.05) is 6.61 Å². The first-order chi connectivity index (χ1) is 4.16. The zero-order chi connectivity index (χ0) is 7.28. The van der Waals surface area contributed by atoms with Crippen molar-refractivity contribution >= 4 is 5.97 Å². The summed E-state index contributed by atoms with van der Waals surface area (Å²) < 4.78 is 4.55. The summed E-state index contributed by atoms with van der Waals surface area (Å²) in [4.78, 5) is 10.5. The molecule has 0 aliphatic rings. The Bertz CT molecular complexity index is 93.0. The second-order valence-corrected chi connectivity index (χ2v) is 1.86. The number of carbonyl (C=O) groups excluding carboxylic acids is 1. The van der Waals surface area contributed by atoms with Crippen LogP contribution in [-0.2, 0) is 9.53 Å². The van der Waals surface area contributed by atoms with Gasteiger partial charge in [0.1, 0.15) is 0 Å². The second kappa shape index (κ2) is 4.32. The molecule has 0 bridgehead atoms. The lowest BCUT2D eigenvalue weighted by atomic mass is 10.3. The zero-order valence-electron chi connectivity index (χ0n) is 6.76. The second-order valence-electron chi connectivity index (χ2n) is 1.86. The average molecular weight is 133 g/mol. The summed E-state index contributed by atoms with van der Waals surface area (Å²) in [6, 6.07) is 0. The van der Waals surface area contributed by atoms with Gasteiger partial charge in [-0.25, -0.2) is 0 Å². The van der Waals surface area contributed by atoms with Gasteiger partial charge in [0.05, 0.1) is 19.1 Å². The van der Waals surface area contributed by atoms with Crippen LogP contribution in [-0.4, -0.2) is 23.8 Å². The molecule has 3 heteroatoms. The van der Waals surface area contributed by atoms with Gasteiger partial charge in [-0.05, 0) is 13.8 Å². The van der Waals surface area contributed by atoms with E-state index in [1.807, 2.05) is 0 Å². The van der Waals surface area contributed by atoms with Crippen LogP contribution in [0, 0.1) is 0 Å². The minimum Gasteiger partial charge on any atom is -0.466 e. The van der Waals surface area contributed by atoms with E-state index in [0.29, 0.717) is 6.61 Å². The number of hydrogen-bond donors (Lipinski definition) is 1. The third-order valence-electron chi connectivity index (χ3n) is 0.767. The van der Waals surface area contributed by atoms with Gasteiger partial charge in [-0.2, -0.15) is 0 Å². The molecule has 0 heterocycles. The highest BCUT2D eigenvalue weighted by atomic mass is 16.5. The van der Waals surface area contributed by atoms with Crippen LogP contribution in [0.1, 0.15) is 21.7 Å². The monoisotopic (exact) mass is 133 g/mol. The van der Waals surface area contributed by atoms with E-state index in [9.17, 15) is 4.79 Å². The van der Waals surface area contributed by atoms with Gasteiger partial charge in [-0.15, -0.1) is 0 Å². The van der Waals surface area contributed by atoms with Crippen LogP contribution in [0.25, 0.3) is 0 Å². The highest BCUT2D eigenvalue weighted by Crippen LogP contribution is 1.91. The van der Waals surface area contributed by atoms with Crippen molar-refractivity contribution in [3.63, 3.8) is 0 Å². The molecule has 0 spiro atoms. The number of carbonyl (C=O) groups is 1. The fourth-order valence-corrected chi connectivity index (χ4v) is 0.461. The first kappa shape index (κ1) is 8.43. The molecular weight excluding hydrogens is 120 g/mol. The average Bonchev–Trinajstić information content (AvgIpc) is 1.63. The number of aliphatic hydroxyl groups is 1. The normalized spacial score (nSPS) is 12.8. The van der Waals surface area contributed by atoms with Gasteiger partial charge in [-0.3, -0.25) is 4.79 Å². The highest BCUT2D eigenvalue weighted by Gasteiger charge is 2.04. The number of esters is 1. The molecule has 0 aromatic carbocycles. The Morgan fingerprint density at radius 3 is 2.78 bits per heavy atom. The molecule has 0 saturated heterocycles. The van der Waals surface area contributed by atoms with Crippen molar-refractivity contribution in [2.45, 2.75) is 26.4 Å². The first-order valence-corrected chi connectivity index (χ1v) is 3.00. The Hall–Kier alpha value is -0.570. The van der Waals surface area contributed by atoms with Gasteiger partial charge in [0.2, 0.25) is 0 Å². The van der Waals surface area contributed by atoms with Crippen molar-refractivity contribution in [1.82, 2.24) is 0 Å². The molecule has 1 unspecified atom stereocenters. The maximum atomic E-state index is 10.5. The van der Waals surface area contributed by atoms with Gasteiger partial charge in [0, 0.05) is 0 Å². The fraction of sp³-hybridized carbons (Fsp3) is 0.833. The van der Waals surface area contributed by atoms with E-state index in [1.165, 1.54) is 0 Å². The Balaban J connectivity index is 0. The van der Waals surface area contributed by atoms with Crippen LogP contribution in [0.15, 0.2) is 0 Å². The van der Waals surface area contributed by atoms with Crippen molar-refractivity contribution in [1.29, 1.82) is 0 Å². The molecule has 0 amide bonds. The quantitative estimate of drug-likeness (QED) is 0.568. The van der Waals surface area contributed by atoms with Crippen molar-refractivity contribution in [3.05, 3.63) is 0 Å². The zero-order valence-corrected chi connectivity index (χ0v) is 5.76. The van der Waals surface area contributed by atoms with Crippen molar-refractivity contribution in [2.24, 2.45) is 0 Å². The lowest BCUT2D eigenvalue weighted by molar-refractivity contribution is -0.145. The lowest BCUT2D eigenvalue weighted by Gasteiger charge is -2.01. The lowest BCUT2D eigenvalue weighted by Crippen LogP contribution is -2.11. The van der Waals surface area contributed by atoms with Crippen LogP contribution >= 0.6 is 0 Å². The topological polar surface area (TPSA) is 46.5 Å². The minimum atomic E-state index is -0.593. The smallest absolute Gasteiger partial charge is 0.466 e. The van der Waals surface area contributed by atoms with Crippen LogP contribution in [0.2, 0.25) is 0 Å². The number of rotatable bonds is 3. The fourth-order valence-electron chi connectivity index (χ4n) is 0.461.